The van der Waals surface area contributed by atoms with Crippen molar-refractivity contribution in [1.82, 2.24) is 0 Å². The molecule has 0 fully saturated rings. The number of carbonyl (C=O) groups excluding carboxylic acids is 1. The fourth-order valence-electron chi connectivity index (χ4n) is 0.976. The van der Waals surface area contributed by atoms with E-state index in [2.05, 4.69) is 13.8 Å². The molecule has 0 N–H and O–H groups in total. The number of ether oxygens (including phenoxy) is 1. The van der Waals surface area contributed by atoms with Gasteiger partial charge in [-0.2, -0.15) is 0 Å². The number of rotatable bonds is 4. The minimum Gasteiger partial charge on any atom is -0.490 e. The van der Waals surface area contributed by atoms with Gasteiger partial charge >= 0.3 is 0 Å². The van der Waals surface area contributed by atoms with Crippen molar-refractivity contribution in [3.8, 4) is 5.75 Å². The van der Waals surface area contributed by atoms with E-state index in [0.29, 0.717) is 11.5 Å². The van der Waals surface area contributed by atoms with Crippen LogP contribution in [0.4, 0.5) is 0 Å². The van der Waals surface area contributed by atoms with Crippen LogP contribution in [0, 0.1) is 5.92 Å². The predicted molar refractivity (Wildman–Crippen MR) is 56.8 cm³/mol. The van der Waals surface area contributed by atoms with Crippen LogP contribution in [0.3, 0.4) is 0 Å². The second kappa shape index (κ2) is 4.80. The van der Waals surface area contributed by atoms with E-state index in [4.69, 9.17) is 4.74 Å². The van der Waals surface area contributed by atoms with Crippen LogP contribution in [-0.2, 0) is 0 Å². The van der Waals surface area contributed by atoms with E-state index < -0.39 is 0 Å². The Kier molecular flexibility index (Phi) is 3.69. The van der Waals surface area contributed by atoms with E-state index in [-0.39, 0.29) is 6.10 Å². The summed E-state index contributed by atoms with van der Waals surface area (Å²) in [5.74, 6) is 1.30. The van der Waals surface area contributed by atoms with Gasteiger partial charge in [0, 0.05) is 5.56 Å². The molecule has 0 unspecified atom stereocenters. The highest BCUT2D eigenvalue weighted by Crippen LogP contribution is 2.15. The van der Waals surface area contributed by atoms with Crippen molar-refractivity contribution >= 4 is 6.29 Å². The highest BCUT2D eigenvalue weighted by Gasteiger charge is 2.07. The molecule has 1 atom stereocenters. The second-order valence-electron chi connectivity index (χ2n) is 3.75. The summed E-state index contributed by atoms with van der Waals surface area (Å²) >= 11 is 0. The molecule has 0 saturated carbocycles. The SMILES string of the molecule is CC(C)[C@@H](C)Oc1ccc(C=O)cc1. The van der Waals surface area contributed by atoms with Crippen molar-refractivity contribution < 1.29 is 9.53 Å². The average molecular weight is 192 g/mol. The van der Waals surface area contributed by atoms with Crippen molar-refractivity contribution in [2.45, 2.75) is 26.9 Å². The standard InChI is InChI=1S/C12H16O2/c1-9(2)10(3)14-12-6-4-11(8-13)5-7-12/h4-10H,1-3H3/t10-/m1/s1. The summed E-state index contributed by atoms with van der Waals surface area (Å²) in [5, 5.41) is 0. The van der Waals surface area contributed by atoms with Crippen molar-refractivity contribution in [3.05, 3.63) is 29.8 Å². The maximum absolute atomic E-state index is 10.4. The summed E-state index contributed by atoms with van der Waals surface area (Å²) in [6.07, 6.45) is 1.02. The van der Waals surface area contributed by atoms with E-state index >= 15 is 0 Å². The average Bonchev–Trinajstić information content (AvgIpc) is 2.19. The lowest BCUT2D eigenvalue weighted by Gasteiger charge is -2.17. The molecule has 14 heavy (non-hydrogen) atoms. The lowest BCUT2D eigenvalue weighted by atomic mass is 10.1. The summed E-state index contributed by atoms with van der Waals surface area (Å²) in [6, 6.07) is 7.16. The molecule has 0 radical (unpaired) electrons. The van der Waals surface area contributed by atoms with E-state index in [1.165, 1.54) is 0 Å². The van der Waals surface area contributed by atoms with Gasteiger partial charge in [-0.3, -0.25) is 4.79 Å². The third kappa shape index (κ3) is 2.87. The van der Waals surface area contributed by atoms with Gasteiger partial charge in [-0.05, 0) is 37.1 Å². The molecule has 0 saturated heterocycles. The van der Waals surface area contributed by atoms with Gasteiger partial charge in [0.2, 0.25) is 0 Å². The molecule has 0 spiro atoms. The van der Waals surface area contributed by atoms with Gasteiger partial charge in [-0.15, -0.1) is 0 Å². The van der Waals surface area contributed by atoms with Crippen LogP contribution in [0.1, 0.15) is 31.1 Å². The molecule has 0 heterocycles. The summed E-state index contributed by atoms with van der Waals surface area (Å²) in [6.45, 7) is 6.27. The molecule has 0 aromatic heterocycles. The Morgan fingerprint density at radius 3 is 2.14 bits per heavy atom. The number of aldehydes is 1. The molecular formula is C12H16O2. The lowest BCUT2D eigenvalue weighted by molar-refractivity contribution is 0.112. The number of carbonyl (C=O) groups is 1. The smallest absolute Gasteiger partial charge is 0.150 e. The zero-order valence-electron chi connectivity index (χ0n) is 8.86. The van der Waals surface area contributed by atoms with Crippen LogP contribution < -0.4 is 4.74 Å². The Morgan fingerprint density at radius 2 is 1.71 bits per heavy atom. The normalized spacial score (nSPS) is 12.6. The first-order chi connectivity index (χ1) is 6.63. The molecule has 0 amide bonds. The first-order valence-electron chi connectivity index (χ1n) is 4.85. The third-order valence-electron chi connectivity index (χ3n) is 2.28. The highest BCUT2D eigenvalue weighted by atomic mass is 16.5. The minimum absolute atomic E-state index is 0.192. The quantitative estimate of drug-likeness (QED) is 0.685. The van der Waals surface area contributed by atoms with Gasteiger partial charge < -0.3 is 4.74 Å². The maximum Gasteiger partial charge on any atom is 0.150 e. The molecule has 2 heteroatoms. The van der Waals surface area contributed by atoms with Gasteiger partial charge in [-0.1, -0.05) is 13.8 Å². The predicted octanol–water partition coefficient (Wildman–Crippen LogP) is 2.92. The fraction of sp³-hybridized carbons (Fsp3) is 0.417. The van der Waals surface area contributed by atoms with Gasteiger partial charge in [0.1, 0.15) is 12.0 Å². The second-order valence-corrected chi connectivity index (χ2v) is 3.75. The van der Waals surface area contributed by atoms with Crippen LogP contribution >= 0.6 is 0 Å². The molecule has 0 aliphatic carbocycles. The van der Waals surface area contributed by atoms with Crippen LogP contribution in [0.5, 0.6) is 5.75 Å². The fourth-order valence-corrected chi connectivity index (χ4v) is 0.976. The van der Waals surface area contributed by atoms with Crippen molar-refractivity contribution in [1.29, 1.82) is 0 Å². The number of benzene rings is 1. The van der Waals surface area contributed by atoms with Crippen molar-refractivity contribution in [2.24, 2.45) is 5.92 Å². The van der Waals surface area contributed by atoms with Crippen LogP contribution in [0.25, 0.3) is 0 Å². The highest BCUT2D eigenvalue weighted by molar-refractivity contribution is 5.74. The molecule has 1 aromatic carbocycles. The molecular weight excluding hydrogens is 176 g/mol. The van der Waals surface area contributed by atoms with Gasteiger partial charge in [0.05, 0.1) is 6.10 Å². The Hall–Kier alpha value is -1.31. The van der Waals surface area contributed by atoms with Crippen LogP contribution in [-0.4, -0.2) is 12.4 Å². The summed E-state index contributed by atoms with van der Waals surface area (Å²) in [4.78, 5) is 10.4. The molecule has 1 rings (SSSR count). The molecule has 2 nitrogen and oxygen atoms in total. The number of hydrogen-bond donors (Lipinski definition) is 0. The molecule has 0 aliphatic heterocycles. The first-order valence-corrected chi connectivity index (χ1v) is 4.85. The van der Waals surface area contributed by atoms with Crippen molar-refractivity contribution in [3.63, 3.8) is 0 Å². The molecule has 1 aromatic rings. The summed E-state index contributed by atoms with van der Waals surface area (Å²) in [5.41, 5.74) is 0.676. The van der Waals surface area contributed by atoms with E-state index in [0.717, 1.165) is 12.0 Å². The molecule has 0 bridgehead atoms. The lowest BCUT2D eigenvalue weighted by Crippen LogP contribution is -2.18. The maximum atomic E-state index is 10.4. The van der Waals surface area contributed by atoms with Gasteiger partial charge in [-0.25, -0.2) is 0 Å². The first kappa shape index (κ1) is 10.8. The van der Waals surface area contributed by atoms with Crippen LogP contribution in [0.2, 0.25) is 0 Å². The van der Waals surface area contributed by atoms with E-state index in [1.54, 1.807) is 12.1 Å². The number of hydrogen-bond acceptors (Lipinski definition) is 2. The summed E-state index contributed by atoms with van der Waals surface area (Å²) in [7, 11) is 0. The Labute approximate surface area is 84.9 Å². The third-order valence-corrected chi connectivity index (χ3v) is 2.28. The minimum atomic E-state index is 0.192. The molecule has 0 aliphatic rings. The van der Waals surface area contributed by atoms with E-state index in [9.17, 15) is 4.79 Å². The van der Waals surface area contributed by atoms with Crippen molar-refractivity contribution in [2.75, 3.05) is 0 Å². The summed E-state index contributed by atoms with van der Waals surface area (Å²) < 4.78 is 5.66. The molecule has 76 valence electrons. The Bertz CT molecular complexity index is 288. The zero-order chi connectivity index (χ0) is 10.6. The topological polar surface area (TPSA) is 26.3 Å². The van der Waals surface area contributed by atoms with E-state index in [1.807, 2.05) is 19.1 Å². The Balaban J connectivity index is 2.64. The zero-order valence-corrected chi connectivity index (χ0v) is 8.86. The van der Waals surface area contributed by atoms with Crippen LogP contribution in [0.15, 0.2) is 24.3 Å². The van der Waals surface area contributed by atoms with Gasteiger partial charge in [0.25, 0.3) is 0 Å². The largest absolute Gasteiger partial charge is 0.490 e. The van der Waals surface area contributed by atoms with Gasteiger partial charge in [0.15, 0.2) is 0 Å². The Morgan fingerprint density at radius 1 is 1.14 bits per heavy atom. The monoisotopic (exact) mass is 192 g/mol.